The number of carbonyl (C=O) groups is 1. The van der Waals surface area contributed by atoms with Gasteiger partial charge in [-0.1, -0.05) is 30.3 Å². The number of ether oxygens (including phenoxy) is 1. The first-order chi connectivity index (χ1) is 10.3. The lowest BCUT2D eigenvalue weighted by Gasteiger charge is -2.34. The van der Waals surface area contributed by atoms with Crippen LogP contribution in [0.4, 0.5) is 4.79 Å². The normalized spacial score (nSPS) is 25.8. The Kier molecular flexibility index (Phi) is 4.76. The zero-order chi connectivity index (χ0) is 14.5. The Morgan fingerprint density at radius 1 is 1.24 bits per heavy atom. The van der Waals surface area contributed by atoms with Crippen molar-refractivity contribution in [2.75, 3.05) is 26.2 Å². The van der Waals surface area contributed by atoms with Gasteiger partial charge in [-0.3, -0.25) is 0 Å². The Balaban J connectivity index is 1.49. The minimum Gasteiger partial charge on any atom is -0.445 e. The van der Waals surface area contributed by atoms with Crippen LogP contribution < -0.4 is 5.32 Å². The summed E-state index contributed by atoms with van der Waals surface area (Å²) in [6, 6.07) is 9.86. The SMILES string of the molecule is O=C(OCc1ccccc1)N1CCCC(C2CCNC2)C1. The largest absolute Gasteiger partial charge is 0.445 e. The van der Waals surface area contributed by atoms with Gasteiger partial charge in [0.1, 0.15) is 6.61 Å². The lowest BCUT2D eigenvalue weighted by atomic mass is 9.85. The van der Waals surface area contributed by atoms with Crippen LogP contribution in [0.2, 0.25) is 0 Å². The van der Waals surface area contributed by atoms with E-state index in [1.54, 1.807) is 0 Å². The maximum absolute atomic E-state index is 12.2. The Hall–Kier alpha value is -1.55. The number of hydrogen-bond acceptors (Lipinski definition) is 3. The molecule has 4 heteroatoms. The third-order valence-corrected chi connectivity index (χ3v) is 4.69. The molecule has 21 heavy (non-hydrogen) atoms. The second-order valence-corrected chi connectivity index (χ2v) is 6.14. The number of piperidine rings is 1. The van der Waals surface area contributed by atoms with Gasteiger partial charge in [0.15, 0.2) is 0 Å². The quantitative estimate of drug-likeness (QED) is 0.929. The molecule has 1 aromatic carbocycles. The van der Waals surface area contributed by atoms with E-state index in [9.17, 15) is 4.79 Å². The van der Waals surface area contributed by atoms with Crippen molar-refractivity contribution >= 4 is 6.09 Å². The van der Waals surface area contributed by atoms with Gasteiger partial charge in [0, 0.05) is 13.1 Å². The van der Waals surface area contributed by atoms with Crippen LogP contribution in [0.3, 0.4) is 0 Å². The average Bonchev–Trinajstić information content (AvgIpc) is 3.08. The van der Waals surface area contributed by atoms with Gasteiger partial charge in [-0.2, -0.15) is 0 Å². The number of carbonyl (C=O) groups excluding carboxylic acids is 1. The molecule has 0 bridgehead atoms. The lowest BCUT2D eigenvalue weighted by molar-refractivity contribution is 0.0715. The topological polar surface area (TPSA) is 41.6 Å². The summed E-state index contributed by atoms with van der Waals surface area (Å²) in [4.78, 5) is 14.1. The number of benzene rings is 1. The van der Waals surface area contributed by atoms with Crippen molar-refractivity contribution in [1.29, 1.82) is 0 Å². The molecule has 2 fully saturated rings. The molecule has 0 spiro atoms. The summed E-state index contributed by atoms with van der Waals surface area (Å²) >= 11 is 0. The number of rotatable bonds is 3. The van der Waals surface area contributed by atoms with Crippen molar-refractivity contribution in [1.82, 2.24) is 10.2 Å². The minimum absolute atomic E-state index is 0.158. The van der Waals surface area contributed by atoms with E-state index in [0.717, 1.165) is 44.1 Å². The molecule has 1 aromatic rings. The van der Waals surface area contributed by atoms with Gasteiger partial charge < -0.3 is 15.0 Å². The predicted molar refractivity (Wildman–Crippen MR) is 81.9 cm³/mol. The second-order valence-electron chi connectivity index (χ2n) is 6.14. The summed E-state index contributed by atoms with van der Waals surface area (Å²) in [5, 5.41) is 3.43. The molecule has 114 valence electrons. The number of nitrogens with one attached hydrogen (secondary N) is 1. The first kappa shape index (κ1) is 14.4. The third-order valence-electron chi connectivity index (χ3n) is 4.69. The van der Waals surface area contributed by atoms with E-state index in [2.05, 4.69) is 5.32 Å². The highest BCUT2D eigenvalue weighted by atomic mass is 16.6. The van der Waals surface area contributed by atoms with Crippen LogP contribution in [0.5, 0.6) is 0 Å². The molecule has 0 aromatic heterocycles. The molecule has 2 heterocycles. The molecule has 2 saturated heterocycles. The fraction of sp³-hybridized carbons (Fsp3) is 0.588. The van der Waals surface area contributed by atoms with Gasteiger partial charge in [-0.25, -0.2) is 4.79 Å². The summed E-state index contributed by atoms with van der Waals surface area (Å²) in [5.74, 6) is 1.37. The molecule has 2 atom stereocenters. The second kappa shape index (κ2) is 6.94. The van der Waals surface area contributed by atoms with Crippen molar-refractivity contribution < 1.29 is 9.53 Å². The highest BCUT2D eigenvalue weighted by molar-refractivity contribution is 5.67. The summed E-state index contributed by atoms with van der Waals surface area (Å²) in [7, 11) is 0. The molecule has 2 aliphatic heterocycles. The van der Waals surface area contributed by atoms with E-state index in [-0.39, 0.29) is 6.09 Å². The summed E-state index contributed by atoms with van der Waals surface area (Å²) in [6.45, 7) is 4.30. The van der Waals surface area contributed by atoms with Gasteiger partial charge >= 0.3 is 6.09 Å². The molecule has 1 N–H and O–H groups in total. The van der Waals surface area contributed by atoms with Crippen LogP contribution in [-0.4, -0.2) is 37.2 Å². The molecule has 1 amide bonds. The maximum Gasteiger partial charge on any atom is 0.410 e. The van der Waals surface area contributed by atoms with Crippen molar-refractivity contribution in [2.45, 2.75) is 25.9 Å². The maximum atomic E-state index is 12.2. The molecule has 0 radical (unpaired) electrons. The standard InChI is InChI=1S/C17H24N2O2/c20-17(21-13-14-5-2-1-3-6-14)19-10-4-7-16(12-19)15-8-9-18-11-15/h1-3,5-6,15-16,18H,4,7-13H2. The van der Waals surface area contributed by atoms with Gasteiger partial charge in [-0.05, 0) is 49.8 Å². The molecular formula is C17H24N2O2. The highest BCUT2D eigenvalue weighted by Crippen LogP contribution is 2.28. The highest BCUT2D eigenvalue weighted by Gasteiger charge is 2.31. The van der Waals surface area contributed by atoms with Crippen LogP contribution in [0.15, 0.2) is 30.3 Å². The van der Waals surface area contributed by atoms with E-state index >= 15 is 0 Å². The van der Waals surface area contributed by atoms with Crippen LogP contribution in [0.1, 0.15) is 24.8 Å². The van der Waals surface area contributed by atoms with Gasteiger partial charge in [-0.15, -0.1) is 0 Å². The smallest absolute Gasteiger partial charge is 0.410 e. The first-order valence-electron chi connectivity index (χ1n) is 7.99. The van der Waals surface area contributed by atoms with Crippen LogP contribution in [-0.2, 0) is 11.3 Å². The molecule has 0 saturated carbocycles. The van der Waals surface area contributed by atoms with Crippen LogP contribution >= 0.6 is 0 Å². The average molecular weight is 288 g/mol. The minimum atomic E-state index is -0.158. The van der Waals surface area contributed by atoms with E-state index in [0.29, 0.717) is 12.5 Å². The van der Waals surface area contributed by atoms with Gasteiger partial charge in [0.2, 0.25) is 0 Å². The zero-order valence-electron chi connectivity index (χ0n) is 12.5. The molecule has 2 unspecified atom stereocenters. The molecule has 3 rings (SSSR count). The Morgan fingerprint density at radius 3 is 2.86 bits per heavy atom. The number of nitrogens with zero attached hydrogens (tertiary/aromatic N) is 1. The molecular weight excluding hydrogens is 264 g/mol. The summed E-state index contributed by atoms with van der Waals surface area (Å²) < 4.78 is 5.45. The van der Waals surface area contributed by atoms with Crippen LogP contribution in [0.25, 0.3) is 0 Å². The number of hydrogen-bond donors (Lipinski definition) is 1. The fourth-order valence-electron chi connectivity index (χ4n) is 3.45. The molecule has 4 nitrogen and oxygen atoms in total. The van der Waals surface area contributed by atoms with E-state index in [1.807, 2.05) is 35.2 Å². The van der Waals surface area contributed by atoms with Gasteiger partial charge in [0.05, 0.1) is 0 Å². The predicted octanol–water partition coefficient (Wildman–Crippen LogP) is 2.64. The lowest BCUT2D eigenvalue weighted by Crippen LogP contribution is -2.42. The van der Waals surface area contributed by atoms with Crippen molar-refractivity contribution in [3.8, 4) is 0 Å². The van der Waals surface area contributed by atoms with Gasteiger partial charge in [0.25, 0.3) is 0 Å². The molecule has 0 aliphatic carbocycles. The van der Waals surface area contributed by atoms with Crippen molar-refractivity contribution in [3.63, 3.8) is 0 Å². The zero-order valence-corrected chi connectivity index (χ0v) is 12.5. The van der Waals surface area contributed by atoms with Crippen molar-refractivity contribution in [3.05, 3.63) is 35.9 Å². The van der Waals surface area contributed by atoms with E-state index in [1.165, 1.54) is 12.8 Å². The van der Waals surface area contributed by atoms with E-state index in [4.69, 9.17) is 4.74 Å². The van der Waals surface area contributed by atoms with Crippen molar-refractivity contribution in [2.24, 2.45) is 11.8 Å². The monoisotopic (exact) mass is 288 g/mol. The first-order valence-corrected chi connectivity index (χ1v) is 7.99. The number of likely N-dealkylation sites (tertiary alicyclic amines) is 1. The Morgan fingerprint density at radius 2 is 2.10 bits per heavy atom. The molecule has 2 aliphatic rings. The fourth-order valence-corrected chi connectivity index (χ4v) is 3.45. The Bertz CT molecular complexity index is 457. The number of amides is 1. The van der Waals surface area contributed by atoms with E-state index < -0.39 is 0 Å². The summed E-state index contributed by atoms with van der Waals surface area (Å²) in [6.07, 6.45) is 3.43. The Labute approximate surface area is 126 Å². The summed E-state index contributed by atoms with van der Waals surface area (Å²) in [5.41, 5.74) is 1.04. The third kappa shape index (κ3) is 3.76. The van der Waals surface area contributed by atoms with Crippen LogP contribution in [0, 0.1) is 11.8 Å².